The van der Waals surface area contributed by atoms with Gasteiger partial charge < -0.3 is 5.32 Å². The quantitative estimate of drug-likeness (QED) is 0.744. The van der Waals surface area contributed by atoms with Crippen LogP contribution >= 0.6 is 15.9 Å². The Morgan fingerprint density at radius 3 is 2.24 bits per heavy atom. The minimum atomic E-state index is -0.173. The Labute approximate surface area is 134 Å². The Morgan fingerprint density at radius 1 is 1.00 bits per heavy atom. The molecule has 0 fully saturated rings. The number of benzene rings is 2. The van der Waals surface area contributed by atoms with E-state index in [0.717, 1.165) is 4.47 Å². The van der Waals surface area contributed by atoms with Gasteiger partial charge in [-0.15, -0.1) is 0 Å². The van der Waals surface area contributed by atoms with Crippen LogP contribution in [0.25, 0.3) is 0 Å². The molecule has 0 aromatic heterocycles. The highest BCUT2D eigenvalue weighted by molar-refractivity contribution is 9.10. The van der Waals surface area contributed by atoms with Crippen molar-refractivity contribution < 1.29 is 4.39 Å². The average molecular weight is 350 g/mol. The molecule has 1 N–H and O–H groups in total. The molecule has 0 bridgehead atoms. The average Bonchev–Trinajstić information content (AvgIpc) is 2.48. The van der Waals surface area contributed by atoms with Crippen LogP contribution in [-0.4, -0.2) is 0 Å². The van der Waals surface area contributed by atoms with E-state index in [9.17, 15) is 4.39 Å². The predicted molar refractivity (Wildman–Crippen MR) is 89.9 cm³/mol. The van der Waals surface area contributed by atoms with Crippen molar-refractivity contribution in [3.05, 3.63) is 69.4 Å². The zero-order valence-electron chi connectivity index (χ0n) is 12.7. The molecule has 0 aliphatic carbocycles. The molecule has 0 radical (unpaired) electrons. The zero-order valence-corrected chi connectivity index (χ0v) is 14.2. The van der Waals surface area contributed by atoms with Gasteiger partial charge in [-0.1, -0.05) is 54.0 Å². The van der Waals surface area contributed by atoms with Crippen molar-refractivity contribution in [2.24, 2.45) is 0 Å². The van der Waals surface area contributed by atoms with E-state index < -0.39 is 0 Å². The summed E-state index contributed by atoms with van der Waals surface area (Å²) < 4.78 is 14.6. The third-order valence-corrected chi connectivity index (χ3v) is 4.20. The molecule has 2 aromatic carbocycles. The maximum atomic E-state index is 13.7. The fourth-order valence-electron chi connectivity index (χ4n) is 2.23. The molecular weight excluding hydrogens is 329 g/mol. The second kappa shape index (κ2) is 7.19. The van der Waals surface area contributed by atoms with E-state index in [1.807, 2.05) is 6.07 Å². The molecule has 21 heavy (non-hydrogen) atoms. The Kier molecular flexibility index (Phi) is 5.54. The van der Waals surface area contributed by atoms with E-state index in [4.69, 9.17) is 0 Å². The molecule has 0 saturated carbocycles. The Hall–Kier alpha value is -1.19. The summed E-state index contributed by atoms with van der Waals surface area (Å²) in [5.41, 5.74) is 3.23. The summed E-state index contributed by atoms with van der Waals surface area (Å²) in [6.45, 7) is 6.98. The summed E-state index contributed by atoms with van der Waals surface area (Å²) in [6, 6.07) is 13.8. The van der Waals surface area contributed by atoms with Gasteiger partial charge in [-0.25, -0.2) is 4.39 Å². The first kappa shape index (κ1) is 16.2. The van der Waals surface area contributed by atoms with Crippen LogP contribution in [0, 0.1) is 5.82 Å². The van der Waals surface area contributed by atoms with E-state index in [1.165, 1.54) is 17.2 Å². The van der Waals surface area contributed by atoms with Gasteiger partial charge in [-0.2, -0.15) is 0 Å². The van der Waals surface area contributed by atoms with Crippen molar-refractivity contribution in [3.8, 4) is 0 Å². The Balaban J connectivity index is 2.01. The molecule has 3 heteroatoms. The number of rotatable bonds is 5. The highest BCUT2D eigenvalue weighted by Gasteiger charge is 2.08. The standard InChI is InChI=1S/C18H21BrFN/c1-12(2)14-4-6-15(7-5-14)13(3)21-11-16-10-17(19)8-9-18(16)20/h4-10,12-13,21H,11H2,1-3H3. The second-order valence-corrected chi connectivity index (χ2v) is 6.58. The van der Waals surface area contributed by atoms with Gasteiger partial charge in [0, 0.05) is 22.6 Å². The lowest BCUT2D eigenvalue weighted by molar-refractivity contribution is 0.544. The lowest BCUT2D eigenvalue weighted by atomic mass is 9.99. The summed E-state index contributed by atoms with van der Waals surface area (Å²) in [7, 11) is 0. The molecule has 1 nitrogen and oxygen atoms in total. The smallest absolute Gasteiger partial charge is 0.127 e. The summed E-state index contributed by atoms with van der Waals surface area (Å²) >= 11 is 3.38. The van der Waals surface area contributed by atoms with Gasteiger partial charge in [0.2, 0.25) is 0 Å². The minimum absolute atomic E-state index is 0.173. The fraction of sp³-hybridized carbons (Fsp3) is 0.333. The van der Waals surface area contributed by atoms with Crippen molar-refractivity contribution in [1.29, 1.82) is 0 Å². The van der Waals surface area contributed by atoms with Crippen molar-refractivity contribution in [2.75, 3.05) is 0 Å². The fourth-order valence-corrected chi connectivity index (χ4v) is 2.64. The van der Waals surface area contributed by atoms with Crippen LogP contribution in [0.15, 0.2) is 46.9 Å². The molecule has 0 aliphatic rings. The van der Waals surface area contributed by atoms with Crippen molar-refractivity contribution in [1.82, 2.24) is 5.32 Å². The SMILES string of the molecule is CC(C)c1ccc(C(C)NCc2cc(Br)ccc2F)cc1. The molecular formula is C18H21BrFN. The third-order valence-electron chi connectivity index (χ3n) is 3.71. The number of hydrogen-bond acceptors (Lipinski definition) is 1. The van der Waals surface area contributed by atoms with Gasteiger partial charge in [0.05, 0.1) is 0 Å². The first-order valence-electron chi connectivity index (χ1n) is 7.24. The molecule has 2 rings (SSSR count). The molecule has 0 aliphatic heterocycles. The van der Waals surface area contributed by atoms with E-state index in [0.29, 0.717) is 18.0 Å². The first-order valence-corrected chi connectivity index (χ1v) is 8.04. The van der Waals surface area contributed by atoms with Crippen molar-refractivity contribution in [3.63, 3.8) is 0 Å². The molecule has 0 saturated heterocycles. The summed E-state index contributed by atoms with van der Waals surface area (Å²) in [4.78, 5) is 0. The molecule has 2 aromatic rings. The highest BCUT2D eigenvalue weighted by atomic mass is 79.9. The third kappa shape index (κ3) is 4.39. The van der Waals surface area contributed by atoms with Gasteiger partial charge >= 0.3 is 0 Å². The molecule has 0 spiro atoms. The first-order chi connectivity index (χ1) is 9.97. The van der Waals surface area contributed by atoms with Crippen LogP contribution in [0.5, 0.6) is 0 Å². The maximum Gasteiger partial charge on any atom is 0.127 e. The monoisotopic (exact) mass is 349 g/mol. The molecule has 1 atom stereocenters. The highest BCUT2D eigenvalue weighted by Crippen LogP contribution is 2.20. The van der Waals surface area contributed by atoms with Gasteiger partial charge in [0.25, 0.3) is 0 Å². The number of halogens is 2. The van der Waals surface area contributed by atoms with E-state index >= 15 is 0 Å². The van der Waals surface area contributed by atoms with Gasteiger partial charge in [0.1, 0.15) is 5.82 Å². The van der Waals surface area contributed by atoms with Crippen LogP contribution < -0.4 is 5.32 Å². The lowest BCUT2D eigenvalue weighted by Gasteiger charge is -2.16. The molecule has 0 amide bonds. The molecule has 1 unspecified atom stereocenters. The van der Waals surface area contributed by atoms with Crippen LogP contribution in [0.4, 0.5) is 4.39 Å². The van der Waals surface area contributed by atoms with Crippen molar-refractivity contribution in [2.45, 2.75) is 39.3 Å². The molecule has 0 heterocycles. The number of hydrogen-bond donors (Lipinski definition) is 1. The van der Waals surface area contributed by atoms with E-state index in [-0.39, 0.29) is 11.9 Å². The van der Waals surface area contributed by atoms with Gasteiger partial charge in [-0.05, 0) is 42.2 Å². The summed E-state index contributed by atoms with van der Waals surface area (Å²) in [5.74, 6) is 0.367. The normalized spacial score (nSPS) is 12.7. The molecule has 112 valence electrons. The van der Waals surface area contributed by atoms with Gasteiger partial charge in [0.15, 0.2) is 0 Å². The predicted octanol–water partition coefficient (Wildman–Crippen LogP) is 5.56. The summed E-state index contributed by atoms with van der Waals surface area (Å²) in [5, 5.41) is 3.37. The maximum absolute atomic E-state index is 13.7. The lowest BCUT2D eigenvalue weighted by Crippen LogP contribution is -2.18. The van der Waals surface area contributed by atoms with E-state index in [2.05, 4.69) is 66.3 Å². The zero-order chi connectivity index (χ0) is 15.4. The van der Waals surface area contributed by atoms with E-state index in [1.54, 1.807) is 6.07 Å². The van der Waals surface area contributed by atoms with Crippen molar-refractivity contribution >= 4 is 15.9 Å². The van der Waals surface area contributed by atoms with Crippen LogP contribution in [0.1, 0.15) is 49.4 Å². The van der Waals surface area contributed by atoms with Gasteiger partial charge in [-0.3, -0.25) is 0 Å². The van der Waals surface area contributed by atoms with Crippen LogP contribution in [0.2, 0.25) is 0 Å². The Bertz CT molecular complexity index is 593. The Morgan fingerprint density at radius 2 is 1.62 bits per heavy atom. The minimum Gasteiger partial charge on any atom is -0.306 e. The largest absolute Gasteiger partial charge is 0.306 e. The van der Waals surface area contributed by atoms with Crippen LogP contribution in [0.3, 0.4) is 0 Å². The number of nitrogens with one attached hydrogen (secondary N) is 1. The second-order valence-electron chi connectivity index (χ2n) is 5.66. The summed E-state index contributed by atoms with van der Waals surface area (Å²) in [6.07, 6.45) is 0. The van der Waals surface area contributed by atoms with Crippen LogP contribution in [-0.2, 0) is 6.54 Å². The topological polar surface area (TPSA) is 12.0 Å².